The van der Waals surface area contributed by atoms with Gasteiger partial charge < -0.3 is 11.1 Å². The quantitative estimate of drug-likeness (QED) is 0.775. The second-order valence-corrected chi connectivity index (χ2v) is 4.83. The fourth-order valence-corrected chi connectivity index (χ4v) is 2.36. The van der Waals surface area contributed by atoms with Crippen molar-refractivity contribution in [3.8, 4) is 0 Å². The molecule has 16 heavy (non-hydrogen) atoms. The zero-order valence-corrected chi connectivity index (χ0v) is 9.75. The maximum Gasteiger partial charge on any atom is 0.255 e. The predicted molar refractivity (Wildman–Crippen MR) is 58.0 cm³/mol. The van der Waals surface area contributed by atoms with Crippen molar-refractivity contribution in [1.82, 2.24) is 5.32 Å². The van der Waals surface area contributed by atoms with Crippen LogP contribution in [0.25, 0.3) is 0 Å². The Morgan fingerprint density at radius 3 is 2.56 bits per heavy atom. The maximum atomic E-state index is 12.0. The molecule has 0 saturated heterocycles. The van der Waals surface area contributed by atoms with E-state index in [2.05, 4.69) is 12.2 Å². The molecule has 3 N–H and O–H groups in total. The van der Waals surface area contributed by atoms with E-state index in [0.717, 1.165) is 6.42 Å². The summed E-state index contributed by atoms with van der Waals surface area (Å²) >= 11 is 0. The van der Waals surface area contributed by atoms with Gasteiger partial charge in [-0.2, -0.15) is 0 Å². The van der Waals surface area contributed by atoms with Crippen LogP contribution in [0.15, 0.2) is 0 Å². The second-order valence-electron chi connectivity index (χ2n) is 4.83. The van der Waals surface area contributed by atoms with Crippen LogP contribution in [0.4, 0.5) is 8.78 Å². The Bertz CT molecular complexity index is 248. The molecule has 0 aliphatic heterocycles. The molecule has 0 aromatic rings. The van der Waals surface area contributed by atoms with Gasteiger partial charge >= 0.3 is 0 Å². The van der Waals surface area contributed by atoms with Crippen molar-refractivity contribution < 1.29 is 13.6 Å². The van der Waals surface area contributed by atoms with Crippen molar-refractivity contribution in [2.45, 2.75) is 39.2 Å². The van der Waals surface area contributed by atoms with Crippen LogP contribution in [0, 0.1) is 17.8 Å². The highest BCUT2D eigenvalue weighted by molar-refractivity contribution is 5.79. The Hall–Kier alpha value is -0.710. The summed E-state index contributed by atoms with van der Waals surface area (Å²) in [6.07, 6.45) is -1.01. The van der Waals surface area contributed by atoms with Gasteiger partial charge in [0.2, 0.25) is 5.91 Å². The van der Waals surface area contributed by atoms with Gasteiger partial charge in [-0.1, -0.05) is 13.8 Å². The summed E-state index contributed by atoms with van der Waals surface area (Å²) < 4.78 is 23.9. The van der Waals surface area contributed by atoms with E-state index in [9.17, 15) is 13.6 Å². The van der Waals surface area contributed by atoms with Crippen LogP contribution < -0.4 is 11.1 Å². The Morgan fingerprint density at radius 2 is 2.00 bits per heavy atom. The smallest absolute Gasteiger partial charge is 0.255 e. The first-order chi connectivity index (χ1) is 7.41. The number of halogens is 2. The summed E-state index contributed by atoms with van der Waals surface area (Å²) in [5.41, 5.74) is 5.90. The van der Waals surface area contributed by atoms with Gasteiger partial charge in [0.05, 0.1) is 6.54 Å². The summed E-state index contributed by atoms with van der Waals surface area (Å²) in [7, 11) is 0. The predicted octanol–water partition coefficient (Wildman–Crippen LogP) is 1.38. The van der Waals surface area contributed by atoms with Crippen molar-refractivity contribution in [2.24, 2.45) is 23.5 Å². The lowest BCUT2D eigenvalue weighted by molar-refractivity contribution is -0.128. The minimum absolute atomic E-state index is 0.00139. The van der Waals surface area contributed by atoms with E-state index in [0.29, 0.717) is 12.3 Å². The number of carbonyl (C=O) groups excluding carboxylic acids is 1. The average molecular weight is 234 g/mol. The van der Waals surface area contributed by atoms with Gasteiger partial charge in [-0.25, -0.2) is 8.78 Å². The standard InChI is InChI=1S/C11H20F2N2O/c1-6-3-7(2)9(14)4-8(6)11(16)15-5-10(12)13/h6-10H,3-5,14H2,1-2H3,(H,15,16). The van der Waals surface area contributed by atoms with E-state index in [1.165, 1.54) is 0 Å². The Kier molecular flexibility index (Phi) is 4.65. The average Bonchev–Trinajstić information content (AvgIpc) is 2.20. The molecule has 0 bridgehead atoms. The van der Waals surface area contributed by atoms with E-state index in [1.54, 1.807) is 0 Å². The van der Waals surface area contributed by atoms with Crippen LogP contribution in [0.2, 0.25) is 0 Å². The summed E-state index contributed by atoms with van der Waals surface area (Å²) in [6, 6.07) is -0.00139. The van der Waals surface area contributed by atoms with Crippen LogP contribution >= 0.6 is 0 Å². The van der Waals surface area contributed by atoms with Crippen LogP contribution in [-0.4, -0.2) is 24.9 Å². The molecule has 1 aliphatic rings. The first-order valence-electron chi connectivity index (χ1n) is 5.73. The van der Waals surface area contributed by atoms with Crippen molar-refractivity contribution in [2.75, 3.05) is 6.54 Å². The van der Waals surface area contributed by atoms with E-state index >= 15 is 0 Å². The van der Waals surface area contributed by atoms with Crippen molar-refractivity contribution in [3.63, 3.8) is 0 Å². The second kappa shape index (κ2) is 5.57. The zero-order valence-electron chi connectivity index (χ0n) is 9.75. The molecule has 1 aliphatic carbocycles. The van der Waals surface area contributed by atoms with E-state index in [1.807, 2.05) is 6.92 Å². The lowest BCUT2D eigenvalue weighted by atomic mass is 9.72. The summed E-state index contributed by atoms with van der Waals surface area (Å²) in [5, 5.41) is 2.27. The number of amides is 1. The molecule has 5 heteroatoms. The SMILES string of the molecule is CC1CC(C)C(C(=O)NCC(F)F)CC1N. The van der Waals surface area contributed by atoms with E-state index < -0.39 is 13.0 Å². The van der Waals surface area contributed by atoms with Gasteiger partial charge in [0.1, 0.15) is 0 Å². The lowest BCUT2D eigenvalue weighted by Crippen LogP contribution is -2.45. The highest BCUT2D eigenvalue weighted by atomic mass is 19.3. The summed E-state index contributed by atoms with van der Waals surface area (Å²) in [4.78, 5) is 11.7. The van der Waals surface area contributed by atoms with Crippen LogP contribution in [-0.2, 0) is 4.79 Å². The van der Waals surface area contributed by atoms with E-state index in [4.69, 9.17) is 5.73 Å². The highest BCUT2D eigenvalue weighted by Gasteiger charge is 2.34. The molecule has 0 heterocycles. The van der Waals surface area contributed by atoms with Gasteiger partial charge in [0.25, 0.3) is 6.43 Å². The zero-order chi connectivity index (χ0) is 12.3. The van der Waals surface area contributed by atoms with E-state index in [-0.39, 0.29) is 23.8 Å². The van der Waals surface area contributed by atoms with Crippen molar-refractivity contribution in [3.05, 3.63) is 0 Å². The van der Waals surface area contributed by atoms with Crippen molar-refractivity contribution >= 4 is 5.91 Å². The van der Waals surface area contributed by atoms with Gasteiger partial charge in [0.15, 0.2) is 0 Å². The first-order valence-corrected chi connectivity index (χ1v) is 5.73. The number of carbonyl (C=O) groups is 1. The molecule has 0 radical (unpaired) electrons. The monoisotopic (exact) mass is 234 g/mol. The number of nitrogens with two attached hydrogens (primary N) is 1. The molecule has 1 fully saturated rings. The van der Waals surface area contributed by atoms with Gasteiger partial charge in [-0.05, 0) is 24.7 Å². The molecular formula is C11H20F2N2O. The third-order valence-electron chi connectivity index (χ3n) is 3.45. The number of hydrogen-bond donors (Lipinski definition) is 2. The summed E-state index contributed by atoms with van der Waals surface area (Å²) in [5.74, 6) is 0.113. The normalized spacial score (nSPS) is 35.1. The molecule has 1 saturated carbocycles. The van der Waals surface area contributed by atoms with Crippen LogP contribution in [0.1, 0.15) is 26.7 Å². The summed E-state index contributed by atoms with van der Waals surface area (Å²) in [6.45, 7) is 3.48. The minimum atomic E-state index is -2.49. The van der Waals surface area contributed by atoms with Gasteiger partial charge in [0, 0.05) is 12.0 Å². The fraction of sp³-hybridized carbons (Fsp3) is 0.909. The Labute approximate surface area is 94.8 Å². The molecule has 4 unspecified atom stereocenters. The molecule has 1 rings (SSSR count). The largest absolute Gasteiger partial charge is 0.350 e. The number of hydrogen-bond acceptors (Lipinski definition) is 2. The molecular weight excluding hydrogens is 214 g/mol. The first kappa shape index (κ1) is 13.4. The number of rotatable bonds is 3. The van der Waals surface area contributed by atoms with Crippen LogP contribution in [0.5, 0.6) is 0 Å². The fourth-order valence-electron chi connectivity index (χ4n) is 2.36. The number of nitrogens with one attached hydrogen (secondary N) is 1. The molecule has 4 atom stereocenters. The Balaban J connectivity index is 2.48. The lowest BCUT2D eigenvalue weighted by Gasteiger charge is -2.36. The molecule has 0 aromatic heterocycles. The Morgan fingerprint density at radius 1 is 1.38 bits per heavy atom. The minimum Gasteiger partial charge on any atom is -0.350 e. The topological polar surface area (TPSA) is 55.1 Å². The molecule has 1 amide bonds. The highest BCUT2D eigenvalue weighted by Crippen LogP contribution is 2.32. The van der Waals surface area contributed by atoms with Crippen LogP contribution in [0.3, 0.4) is 0 Å². The maximum absolute atomic E-state index is 12.0. The molecule has 0 aromatic carbocycles. The van der Waals surface area contributed by atoms with Crippen molar-refractivity contribution in [1.29, 1.82) is 0 Å². The third-order valence-corrected chi connectivity index (χ3v) is 3.45. The molecule has 3 nitrogen and oxygen atoms in total. The van der Waals surface area contributed by atoms with Gasteiger partial charge in [-0.15, -0.1) is 0 Å². The molecule has 94 valence electrons. The third kappa shape index (κ3) is 3.40. The van der Waals surface area contributed by atoms with Gasteiger partial charge in [-0.3, -0.25) is 4.79 Å². The number of alkyl halides is 2. The molecule has 0 spiro atoms.